The fourth-order valence-corrected chi connectivity index (χ4v) is 3.31. The molecule has 1 aliphatic heterocycles. The standard InChI is InChI=1S/C15H29N5O/c1-12(21)17-8-9-18-15(16-2)19-13-7-10-20(11-13)14-5-3-4-6-14/h13-14H,3-11H2,1-2H3,(H,17,21)(H2,16,18,19). The van der Waals surface area contributed by atoms with Crippen molar-refractivity contribution in [2.24, 2.45) is 4.99 Å². The second-order valence-corrected chi connectivity index (χ2v) is 6.05. The quantitative estimate of drug-likeness (QED) is 0.388. The van der Waals surface area contributed by atoms with Gasteiger partial charge in [-0.1, -0.05) is 12.8 Å². The molecular formula is C15H29N5O. The van der Waals surface area contributed by atoms with Crippen LogP contribution in [-0.2, 0) is 4.79 Å². The summed E-state index contributed by atoms with van der Waals surface area (Å²) in [4.78, 5) is 17.7. The Balaban J connectivity index is 1.66. The zero-order valence-corrected chi connectivity index (χ0v) is 13.3. The van der Waals surface area contributed by atoms with Crippen LogP contribution in [0.4, 0.5) is 0 Å². The molecule has 0 aromatic rings. The van der Waals surface area contributed by atoms with Crippen LogP contribution in [0.5, 0.6) is 0 Å². The molecule has 0 aromatic heterocycles. The number of carbonyl (C=O) groups excluding carboxylic acids is 1. The van der Waals surface area contributed by atoms with Crippen LogP contribution >= 0.6 is 0 Å². The van der Waals surface area contributed by atoms with E-state index in [1.54, 1.807) is 7.05 Å². The summed E-state index contributed by atoms with van der Waals surface area (Å²) in [6.07, 6.45) is 6.72. The molecule has 2 aliphatic rings. The number of nitrogens with zero attached hydrogens (tertiary/aromatic N) is 2. The van der Waals surface area contributed by atoms with Gasteiger partial charge in [0.05, 0.1) is 0 Å². The number of amides is 1. The van der Waals surface area contributed by atoms with Gasteiger partial charge in [-0.15, -0.1) is 0 Å². The molecule has 1 saturated heterocycles. The summed E-state index contributed by atoms with van der Waals surface area (Å²) in [6, 6.07) is 1.30. The molecular weight excluding hydrogens is 266 g/mol. The summed E-state index contributed by atoms with van der Waals surface area (Å²) in [7, 11) is 1.79. The Labute approximate surface area is 127 Å². The van der Waals surface area contributed by atoms with Gasteiger partial charge in [0.25, 0.3) is 0 Å². The zero-order chi connectivity index (χ0) is 15.1. The number of likely N-dealkylation sites (tertiary alicyclic amines) is 1. The van der Waals surface area contributed by atoms with Gasteiger partial charge in [0, 0.05) is 52.2 Å². The van der Waals surface area contributed by atoms with E-state index in [4.69, 9.17) is 0 Å². The van der Waals surface area contributed by atoms with E-state index in [9.17, 15) is 4.79 Å². The Morgan fingerprint density at radius 2 is 1.90 bits per heavy atom. The molecule has 0 radical (unpaired) electrons. The van der Waals surface area contributed by atoms with Crippen LogP contribution in [0.1, 0.15) is 39.0 Å². The molecule has 6 heteroatoms. The number of hydrogen-bond donors (Lipinski definition) is 3. The van der Waals surface area contributed by atoms with Crippen molar-refractivity contribution in [1.82, 2.24) is 20.9 Å². The van der Waals surface area contributed by atoms with E-state index in [2.05, 4.69) is 25.8 Å². The van der Waals surface area contributed by atoms with Gasteiger partial charge in [-0.2, -0.15) is 0 Å². The van der Waals surface area contributed by atoms with Crippen molar-refractivity contribution < 1.29 is 4.79 Å². The monoisotopic (exact) mass is 295 g/mol. The first kappa shape index (κ1) is 16.1. The summed E-state index contributed by atoms with van der Waals surface area (Å²) < 4.78 is 0. The van der Waals surface area contributed by atoms with Crippen LogP contribution in [0, 0.1) is 0 Å². The maximum atomic E-state index is 10.8. The molecule has 1 saturated carbocycles. The van der Waals surface area contributed by atoms with E-state index in [-0.39, 0.29) is 5.91 Å². The lowest BCUT2D eigenvalue weighted by Crippen LogP contribution is -2.46. The van der Waals surface area contributed by atoms with Gasteiger partial charge in [0.1, 0.15) is 0 Å². The Hall–Kier alpha value is -1.30. The summed E-state index contributed by atoms with van der Waals surface area (Å²) in [5, 5.41) is 9.50. The van der Waals surface area contributed by atoms with E-state index in [1.807, 2.05) is 0 Å². The molecule has 2 fully saturated rings. The van der Waals surface area contributed by atoms with E-state index in [0.717, 1.165) is 18.5 Å². The average Bonchev–Trinajstić information content (AvgIpc) is 3.12. The average molecular weight is 295 g/mol. The van der Waals surface area contributed by atoms with Crippen LogP contribution in [0.2, 0.25) is 0 Å². The molecule has 120 valence electrons. The molecule has 0 spiro atoms. The summed E-state index contributed by atoms with van der Waals surface area (Å²) in [5.74, 6) is 0.835. The third-order valence-electron chi connectivity index (χ3n) is 4.42. The van der Waals surface area contributed by atoms with Crippen molar-refractivity contribution in [2.45, 2.75) is 51.1 Å². The molecule has 0 bridgehead atoms. The molecule has 3 N–H and O–H groups in total. The summed E-state index contributed by atoms with van der Waals surface area (Å²) in [5.41, 5.74) is 0. The van der Waals surface area contributed by atoms with Gasteiger partial charge in [-0.05, 0) is 19.3 Å². The largest absolute Gasteiger partial charge is 0.355 e. The maximum absolute atomic E-state index is 10.8. The van der Waals surface area contributed by atoms with Gasteiger partial charge in [0.15, 0.2) is 5.96 Å². The molecule has 6 nitrogen and oxygen atoms in total. The van der Waals surface area contributed by atoms with E-state index < -0.39 is 0 Å². The molecule has 1 heterocycles. The van der Waals surface area contributed by atoms with Gasteiger partial charge < -0.3 is 16.0 Å². The van der Waals surface area contributed by atoms with Gasteiger partial charge >= 0.3 is 0 Å². The molecule has 1 atom stereocenters. The second-order valence-electron chi connectivity index (χ2n) is 6.05. The normalized spacial score (nSPS) is 24.3. The number of aliphatic imine (C=N–C) groups is 1. The fourth-order valence-electron chi connectivity index (χ4n) is 3.31. The Morgan fingerprint density at radius 1 is 1.19 bits per heavy atom. The van der Waals surface area contributed by atoms with Gasteiger partial charge in [0.2, 0.25) is 5.91 Å². The predicted octanol–water partition coefficient (Wildman–Crippen LogP) is 0.304. The second kappa shape index (κ2) is 8.22. The first-order valence-electron chi connectivity index (χ1n) is 8.14. The Morgan fingerprint density at radius 3 is 2.57 bits per heavy atom. The molecule has 1 amide bonds. The highest BCUT2D eigenvalue weighted by atomic mass is 16.1. The number of nitrogens with one attached hydrogen (secondary N) is 3. The van der Waals surface area contributed by atoms with Crippen molar-refractivity contribution in [3.05, 3.63) is 0 Å². The number of hydrogen-bond acceptors (Lipinski definition) is 3. The summed E-state index contributed by atoms with van der Waals surface area (Å²) >= 11 is 0. The molecule has 1 unspecified atom stereocenters. The molecule has 1 aliphatic carbocycles. The zero-order valence-electron chi connectivity index (χ0n) is 13.3. The van der Waals surface area contributed by atoms with E-state index in [1.165, 1.54) is 45.6 Å². The maximum Gasteiger partial charge on any atom is 0.216 e. The van der Waals surface area contributed by atoms with Crippen molar-refractivity contribution in [1.29, 1.82) is 0 Å². The van der Waals surface area contributed by atoms with Crippen LogP contribution in [0.25, 0.3) is 0 Å². The SMILES string of the molecule is CN=C(NCCNC(C)=O)NC1CCN(C2CCCC2)C1. The minimum absolute atomic E-state index is 0.00254. The Kier molecular flexibility index (Phi) is 6.29. The topological polar surface area (TPSA) is 68.8 Å². The number of guanidine groups is 1. The van der Waals surface area contributed by atoms with Crippen LogP contribution in [0.15, 0.2) is 4.99 Å². The lowest BCUT2D eigenvalue weighted by atomic mass is 10.2. The van der Waals surface area contributed by atoms with E-state index in [0.29, 0.717) is 19.1 Å². The highest BCUT2D eigenvalue weighted by Crippen LogP contribution is 2.26. The third kappa shape index (κ3) is 5.19. The lowest BCUT2D eigenvalue weighted by molar-refractivity contribution is -0.118. The van der Waals surface area contributed by atoms with Crippen molar-refractivity contribution in [3.8, 4) is 0 Å². The third-order valence-corrected chi connectivity index (χ3v) is 4.42. The minimum Gasteiger partial charge on any atom is -0.355 e. The van der Waals surface area contributed by atoms with Crippen LogP contribution < -0.4 is 16.0 Å². The summed E-state index contributed by atoms with van der Waals surface area (Å²) in [6.45, 7) is 5.17. The van der Waals surface area contributed by atoms with Crippen molar-refractivity contribution in [3.63, 3.8) is 0 Å². The van der Waals surface area contributed by atoms with Crippen LogP contribution in [-0.4, -0.2) is 62.1 Å². The number of rotatable bonds is 5. The van der Waals surface area contributed by atoms with Crippen molar-refractivity contribution >= 4 is 11.9 Å². The van der Waals surface area contributed by atoms with Gasteiger partial charge in [-0.3, -0.25) is 14.7 Å². The predicted molar refractivity (Wildman–Crippen MR) is 85.4 cm³/mol. The first-order chi connectivity index (χ1) is 10.2. The Bertz CT molecular complexity index is 365. The van der Waals surface area contributed by atoms with E-state index >= 15 is 0 Å². The lowest BCUT2D eigenvalue weighted by Gasteiger charge is -2.24. The first-order valence-corrected chi connectivity index (χ1v) is 8.14. The highest BCUT2D eigenvalue weighted by molar-refractivity contribution is 5.80. The number of carbonyl (C=O) groups is 1. The molecule has 2 rings (SSSR count). The van der Waals surface area contributed by atoms with Crippen molar-refractivity contribution in [2.75, 3.05) is 33.2 Å². The fraction of sp³-hybridized carbons (Fsp3) is 0.867. The van der Waals surface area contributed by atoms with Crippen LogP contribution in [0.3, 0.4) is 0 Å². The molecule has 0 aromatic carbocycles. The van der Waals surface area contributed by atoms with Gasteiger partial charge in [-0.25, -0.2) is 0 Å². The smallest absolute Gasteiger partial charge is 0.216 e. The highest BCUT2D eigenvalue weighted by Gasteiger charge is 2.30. The minimum atomic E-state index is 0.00254. The molecule has 21 heavy (non-hydrogen) atoms.